The fourth-order valence-electron chi connectivity index (χ4n) is 4.96. The number of methoxy groups -OCH3 is 1. The van der Waals surface area contributed by atoms with E-state index in [1.165, 1.54) is 0 Å². The zero-order chi connectivity index (χ0) is 21.5. The number of halogens is 1. The number of Topliss-reactive ketones (excluding diaryl/α,β-unsaturated/α-hetero) is 1. The highest BCUT2D eigenvalue weighted by molar-refractivity contribution is 9.09. The fraction of sp³-hybridized carbons (Fsp3) is 0.360. The molecule has 2 aliphatic heterocycles. The molecule has 1 aliphatic carbocycles. The van der Waals surface area contributed by atoms with Crippen LogP contribution in [0, 0.1) is 5.92 Å². The summed E-state index contributed by atoms with van der Waals surface area (Å²) in [6, 6.07) is 17.0. The second-order valence-corrected chi connectivity index (χ2v) is 9.67. The average Bonchev–Trinajstić information content (AvgIpc) is 3.07. The summed E-state index contributed by atoms with van der Waals surface area (Å²) in [5.74, 6) is 0.558. The average molecular weight is 482 g/mol. The number of nitrogens with zero attached hydrogens (tertiary/aromatic N) is 1. The molecule has 0 bridgehead atoms. The van der Waals surface area contributed by atoms with E-state index in [9.17, 15) is 9.59 Å². The lowest BCUT2D eigenvalue weighted by molar-refractivity contribution is -0.135. The second-order valence-electron chi connectivity index (χ2n) is 8.38. The van der Waals surface area contributed by atoms with Crippen molar-refractivity contribution in [1.82, 2.24) is 4.90 Å². The molecule has 0 spiro atoms. The van der Waals surface area contributed by atoms with Gasteiger partial charge in [-0.05, 0) is 42.5 Å². The number of benzene rings is 2. The number of carbonyl (C=O) groups excluding carboxylic acids is 2. The topological polar surface area (TPSA) is 55.8 Å². The molecule has 0 radical (unpaired) electrons. The minimum Gasteiger partial charge on any atom is -0.497 e. The number of carbonyl (C=O) groups is 2. The van der Waals surface area contributed by atoms with Crippen LogP contribution in [0.4, 0.5) is 0 Å². The number of ether oxygens (including phenoxy) is 2. The molecular formula is C25H24BrNO4. The normalized spacial score (nSPS) is 27.6. The Hall–Kier alpha value is -2.60. The molecule has 1 fully saturated rings. The largest absolute Gasteiger partial charge is 0.497 e. The van der Waals surface area contributed by atoms with Crippen LogP contribution in [0.3, 0.4) is 0 Å². The van der Waals surface area contributed by atoms with Gasteiger partial charge in [-0.25, -0.2) is 0 Å². The molecule has 160 valence electrons. The van der Waals surface area contributed by atoms with Crippen LogP contribution in [-0.2, 0) is 20.9 Å². The number of fused-ring (bicyclic) bond motifs is 1. The van der Waals surface area contributed by atoms with Crippen LogP contribution in [0.5, 0.6) is 5.75 Å². The molecule has 1 amide bonds. The highest BCUT2D eigenvalue weighted by Crippen LogP contribution is 2.48. The van der Waals surface area contributed by atoms with Crippen LogP contribution in [0.15, 0.2) is 65.9 Å². The zero-order valence-corrected chi connectivity index (χ0v) is 18.9. The smallest absolute Gasteiger partial charge is 0.290 e. The van der Waals surface area contributed by atoms with E-state index in [1.807, 2.05) is 54.6 Å². The van der Waals surface area contributed by atoms with E-state index in [4.69, 9.17) is 9.47 Å². The molecular weight excluding hydrogens is 458 g/mol. The highest BCUT2D eigenvalue weighted by Gasteiger charge is 2.52. The summed E-state index contributed by atoms with van der Waals surface area (Å²) in [7, 11) is 1.61. The van der Waals surface area contributed by atoms with Crippen LogP contribution in [0.2, 0.25) is 0 Å². The molecule has 5 nitrogen and oxygen atoms in total. The lowest BCUT2D eigenvalue weighted by atomic mass is 9.77. The van der Waals surface area contributed by atoms with Crippen molar-refractivity contribution in [1.29, 1.82) is 0 Å². The monoisotopic (exact) mass is 481 g/mol. The van der Waals surface area contributed by atoms with Crippen molar-refractivity contribution >= 4 is 27.6 Å². The van der Waals surface area contributed by atoms with Gasteiger partial charge >= 0.3 is 0 Å². The third-order valence-electron chi connectivity index (χ3n) is 6.48. The summed E-state index contributed by atoms with van der Waals surface area (Å²) in [4.78, 5) is 29.3. The van der Waals surface area contributed by atoms with Crippen molar-refractivity contribution in [3.63, 3.8) is 0 Å². The molecule has 0 saturated heterocycles. The third kappa shape index (κ3) is 3.57. The van der Waals surface area contributed by atoms with Crippen LogP contribution in [0.25, 0.3) is 0 Å². The van der Waals surface area contributed by atoms with Gasteiger partial charge in [0.1, 0.15) is 11.9 Å². The Morgan fingerprint density at radius 1 is 1.10 bits per heavy atom. The number of amides is 1. The van der Waals surface area contributed by atoms with Crippen molar-refractivity contribution in [2.75, 3.05) is 7.11 Å². The standard InChI is InChI=1S/C25H24BrNO4/c1-30-18-9-5-8-16(12-18)22-21-23(28)19-13-17(26)10-11-20(19)31-24(21)25(29)27(22)14-15-6-3-2-4-7-15/h2-9,12,17,19-20,22H,10-11,13-14H2,1H3. The van der Waals surface area contributed by atoms with Crippen molar-refractivity contribution < 1.29 is 19.1 Å². The molecule has 1 saturated carbocycles. The first-order valence-corrected chi connectivity index (χ1v) is 11.6. The SMILES string of the molecule is COc1cccc(C2C3=C(OC4CCC(Br)CC4C3=O)C(=O)N2Cc2ccccc2)c1. The lowest BCUT2D eigenvalue weighted by Gasteiger charge is -2.37. The predicted octanol–water partition coefficient (Wildman–Crippen LogP) is 4.56. The Morgan fingerprint density at radius 2 is 1.90 bits per heavy atom. The van der Waals surface area contributed by atoms with E-state index in [-0.39, 0.29) is 29.5 Å². The summed E-state index contributed by atoms with van der Waals surface area (Å²) in [6.07, 6.45) is 2.24. The number of hydrogen-bond acceptors (Lipinski definition) is 4. The summed E-state index contributed by atoms with van der Waals surface area (Å²) in [5.41, 5.74) is 2.36. The van der Waals surface area contributed by atoms with Gasteiger partial charge in [-0.2, -0.15) is 0 Å². The van der Waals surface area contributed by atoms with Crippen LogP contribution < -0.4 is 4.74 Å². The quantitative estimate of drug-likeness (QED) is 0.600. The minimum absolute atomic E-state index is 0.0483. The molecule has 31 heavy (non-hydrogen) atoms. The Labute approximate surface area is 190 Å². The van der Waals surface area contributed by atoms with Gasteiger partial charge in [-0.1, -0.05) is 58.4 Å². The highest BCUT2D eigenvalue weighted by atomic mass is 79.9. The maximum Gasteiger partial charge on any atom is 0.290 e. The molecule has 5 rings (SSSR count). The molecule has 0 aromatic heterocycles. The first kappa shape index (κ1) is 20.3. The Morgan fingerprint density at radius 3 is 2.68 bits per heavy atom. The van der Waals surface area contributed by atoms with Crippen LogP contribution in [-0.4, -0.2) is 34.6 Å². The van der Waals surface area contributed by atoms with Gasteiger partial charge in [0.2, 0.25) is 0 Å². The first-order chi connectivity index (χ1) is 15.1. The van der Waals surface area contributed by atoms with Crippen LogP contribution in [0.1, 0.15) is 36.4 Å². The van der Waals surface area contributed by atoms with Gasteiger partial charge in [-0.15, -0.1) is 0 Å². The molecule has 4 unspecified atom stereocenters. The van der Waals surface area contributed by atoms with E-state index < -0.39 is 6.04 Å². The Bertz CT molecular complexity index is 1050. The first-order valence-electron chi connectivity index (χ1n) is 10.6. The van der Waals surface area contributed by atoms with E-state index in [0.717, 1.165) is 30.4 Å². The molecule has 0 N–H and O–H groups in total. The summed E-state index contributed by atoms with van der Waals surface area (Å²) < 4.78 is 11.7. The number of ketones is 1. The Kier molecular flexibility index (Phi) is 5.34. The molecule has 2 heterocycles. The maximum atomic E-state index is 13.7. The predicted molar refractivity (Wildman–Crippen MR) is 120 cm³/mol. The van der Waals surface area contributed by atoms with Crippen molar-refractivity contribution in [3.05, 3.63) is 77.1 Å². The van der Waals surface area contributed by atoms with Gasteiger partial charge in [0.15, 0.2) is 11.5 Å². The fourth-order valence-corrected chi connectivity index (χ4v) is 5.63. The number of alkyl halides is 1. The van der Waals surface area contributed by atoms with E-state index in [0.29, 0.717) is 22.7 Å². The summed E-state index contributed by atoms with van der Waals surface area (Å²) in [5, 5.41) is 0. The second kappa shape index (κ2) is 8.15. The number of hydrogen-bond donors (Lipinski definition) is 0. The van der Waals surface area contributed by atoms with Gasteiger partial charge in [-0.3, -0.25) is 9.59 Å². The van der Waals surface area contributed by atoms with Gasteiger partial charge in [0.05, 0.1) is 24.6 Å². The molecule has 2 aromatic rings. The van der Waals surface area contributed by atoms with E-state index in [2.05, 4.69) is 15.9 Å². The lowest BCUT2D eigenvalue weighted by Crippen LogP contribution is -2.41. The maximum absolute atomic E-state index is 13.7. The minimum atomic E-state index is -0.484. The van der Waals surface area contributed by atoms with E-state index >= 15 is 0 Å². The van der Waals surface area contributed by atoms with E-state index in [1.54, 1.807) is 12.0 Å². The molecule has 3 aliphatic rings. The number of rotatable bonds is 4. The van der Waals surface area contributed by atoms with Crippen LogP contribution >= 0.6 is 15.9 Å². The molecule has 4 atom stereocenters. The zero-order valence-electron chi connectivity index (χ0n) is 17.3. The van der Waals surface area contributed by atoms with Crippen molar-refractivity contribution in [3.8, 4) is 5.75 Å². The third-order valence-corrected chi connectivity index (χ3v) is 7.32. The van der Waals surface area contributed by atoms with Crippen molar-refractivity contribution in [2.24, 2.45) is 5.92 Å². The van der Waals surface area contributed by atoms with Gasteiger partial charge in [0, 0.05) is 11.4 Å². The van der Waals surface area contributed by atoms with Gasteiger partial charge in [0.25, 0.3) is 5.91 Å². The summed E-state index contributed by atoms with van der Waals surface area (Å²) in [6.45, 7) is 0.404. The Balaban J connectivity index is 1.59. The molecule has 6 heteroatoms. The van der Waals surface area contributed by atoms with Gasteiger partial charge < -0.3 is 14.4 Å². The molecule has 2 aromatic carbocycles. The van der Waals surface area contributed by atoms with Crippen molar-refractivity contribution in [2.45, 2.75) is 42.8 Å². The summed E-state index contributed by atoms with van der Waals surface area (Å²) >= 11 is 3.68.